The summed E-state index contributed by atoms with van der Waals surface area (Å²) >= 11 is 7.54. The summed E-state index contributed by atoms with van der Waals surface area (Å²) in [7, 11) is 0. The first-order chi connectivity index (χ1) is 11.2. The molecule has 0 atom stereocenters. The average Bonchev–Trinajstić information content (AvgIpc) is 3.23. The molecule has 1 amide bonds. The summed E-state index contributed by atoms with van der Waals surface area (Å²) < 4.78 is 1.81. The Kier molecular flexibility index (Phi) is 3.36. The fraction of sp³-hybridized carbons (Fsp3) is 0. The van der Waals surface area contributed by atoms with E-state index in [4.69, 9.17) is 11.6 Å². The van der Waals surface area contributed by atoms with Gasteiger partial charge in [0, 0.05) is 28.7 Å². The Morgan fingerprint density at radius 3 is 3.22 bits per heavy atom. The molecule has 0 aliphatic rings. The third-order valence-corrected chi connectivity index (χ3v) is 4.48. The molecule has 0 bridgehead atoms. The molecule has 0 unspecified atom stereocenters. The van der Waals surface area contributed by atoms with Crippen molar-refractivity contribution in [3.63, 3.8) is 0 Å². The smallest absolute Gasteiger partial charge is 0.273 e. The number of aromatic nitrogens is 3. The van der Waals surface area contributed by atoms with Crippen molar-refractivity contribution in [1.29, 1.82) is 0 Å². The van der Waals surface area contributed by atoms with Gasteiger partial charge in [-0.2, -0.15) is 5.10 Å². The van der Waals surface area contributed by atoms with Crippen molar-refractivity contribution in [2.75, 3.05) is 0 Å². The number of hydrogen-bond acceptors (Lipinski definition) is 4. The lowest BCUT2D eigenvalue weighted by Crippen LogP contribution is -2.17. The molecule has 8 heteroatoms. The molecule has 0 saturated carbocycles. The maximum Gasteiger partial charge on any atom is 0.273 e. The SMILES string of the molecule is O=C(N/N=C/c1c(Cl)nc2sccn12)c1c[nH]c2ccccc12. The van der Waals surface area contributed by atoms with Crippen LogP contribution in [-0.2, 0) is 0 Å². The largest absolute Gasteiger partial charge is 0.360 e. The highest BCUT2D eigenvalue weighted by Gasteiger charge is 2.12. The van der Waals surface area contributed by atoms with Crippen LogP contribution in [-0.4, -0.2) is 26.5 Å². The number of nitrogens with one attached hydrogen (secondary N) is 2. The summed E-state index contributed by atoms with van der Waals surface area (Å²) in [6.45, 7) is 0. The summed E-state index contributed by atoms with van der Waals surface area (Å²) in [5.41, 5.74) is 4.58. The molecular formula is C15H10ClN5OS. The highest BCUT2D eigenvalue weighted by atomic mass is 35.5. The maximum atomic E-state index is 12.2. The third-order valence-electron chi connectivity index (χ3n) is 3.44. The van der Waals surface area contributed by atoms with Crippen molar-refractivity contribution >= 4 is 50.9 Å². The van der Waals surface area contributed by atoms with Crippen molar-refractivity contribution in [2.24, 2.45) is 5.10 Å². The Balaban J connectivity index is 1.57. The van der Waals surface area contributed by atoms with Gasteiger partial charge in [0.1, 0.15) is 5.69 Å². The van der Waals surface area contributed by atoms with Gasteiger partial charge >= 0.3 is 0 Å². The number of hydrazone groups is 1. The minimum atomic E-state index is -0.291. The molecule has 114 valence electrons. The number of imidazole rings is 1. The quantitative estimate of drug-likeness (QED) is 0.442. The maximum absolute atomic E-state index is 12.2. The van der Waals surface area contributed by atoms with E-state index in [-0.39, 0.29) is 5.91 Å². The number of rotatable bonds is 3. The molecule has 0 aliphatic heterocycles. The summed E-state index contributed by atoms with van der Waals surface area (Å²) in [6.07, 6.45) is 5.00. The monoisotopic (exact) mass is 343 g/mol. The molecule has 4 aromatic rings. The van der Waals surface area contributed by atoms with E-state index < -0.39 is 0 Å². The van der Waals surface area contributed by atoms with Crippen molar-refractivity contribution in [3.8, 4) is 0 Å². The van der Waals surface area contributed by atoms with Crippen LogP contribution in [0.5, 0.6) is 0 Å². The first-order valence-electron chi connectivity index (χ1n) is 6.74. The molecule has 3 heterocycles. The topological polar surface area (TPSA) is 74.6 Å². The Bertz CT molecular complexity index is 1040. The third kappa shape index (κ3) is 2.39. The van der Waals surface area contributed by atoms with Crippen LogP contribution in [0.3, 0.4) is 0 Å². The standard InChI is InChI=1S/C15H10ClN5OS/c16-13-12(21-5-6-23-15(21)19-13)8-18-20-14(22)10-7-17-11-4-2-1-3-9(10)11/h1-8,17H,(H,20,22)/b18-8+. The Morgan fingerprint density at radius 1 is 1.43 bits per heavy atom. The minimum Gasteiger partial charge on any atom is -0.360 e. The van der Waals surface area contributed by atoms with Gasteiger partial charge in [0.05, 0.1) is 11.8 Å². The first kappa shape index (κ1) is 14.0. The lowest BCUT2D eigenvalue weighted by atomic mass is 10.2. The van der Waals surface area contributed by atoms with Gasteiger partial charge in [-0.05, 0) is 6.07 Å². The van der Waals surface area contributed by atoms with Gasteiger partial charge in [-0.15, -0.1) is 11.3 Å². The Labute approximate surface area is 139 Å². The van der Waals surface area contributed by atoms with E-state index in [0.29, 0.717) is 16.4 Å². The summed E-state index contributed by atoms with van der Waals surface area (Å²) in [4.78, 5) is 20.3. The molecular weight excluding hydrogens is 334 g/mol. The van der Waals surface area contributed by atoms with Gasteiger partial charge in [0.25, 0.3) is 5.91 Å². The number of nitrogens with zero attached hydrogens (tertiary/aromatic N) is 3. The predicted octanol–water partition coefficient (Wildman–Crippen LogP) is 3.29. The number of fused-ring (bicyclic) bond motifs is 2. The van der Waals surface area contributed by atoms with Crippen LogP contribution in [0.15, 0.2) is 47.1 Å². The van der Waals surface area contributed by atoms with Crippen LogP contribution in [0.1, 0.15) is 16.1 Å². The van der Waals surface area contributed by atoms with E-state index in [9.17, 15) is 4.79 Å². The molecule has 23 heavy (non-hydrogen) atoms. The molecule has 1 aromatic carbocycles. The normalized spacial score (nSPS) is 11.7. The number of H-pyrrole nitrogens is 1. The van der Waals surface area contributed by atoms with Crippen LogP contribution in [0.2, 0.25) is 5.15 Å². The van der Waals surface area contributed by atoms with E-state index >= 15 is 0 Å². The predicted molar refractivity (Wildman–Crippen MR) is 91.4 cm³/mol. The van der Waals surface area contributed by atoms with Crippen LogP contribution < -0.4 is 5.43 Å². The highest BCUT2D eigenvalue weighted by molar-refractivity contribution is 7.15. The van der Waals surface area contributed by atoms with E-state index in [2.05, 4.69) is 20.5 Å². The number of carbonyl (C=O) groups is 1. The van der Waals surface area contributed by atoms with Crippen LogP contribution >= 0.6 is 22.9 Å². The molecule has 3 aromatic heterocycles. The van der Waals surface area contributed by atoms with E-state index in [1.807, 2.05) is 40.2 Å². The van der Waals surface area contributed by atoms with Crippen molar-refractivity contribution < 1.29 is 4.79 Å². The lowest BCUT2D eigenvalue weighted by Gasteiger charge is -1.98. The number of halogens is 1. The van der Waals surface area contributed by atoms with Gasteiger partial charge in [-0.1, -0.05) is 29.8 Å². The fourth-order valence-corrected chi connectivity index (χ4v) is 3.36. The molecule has 0 fully saturated rings. The zero-order valence-corrected chi connectivity index (χ0v) is 13.2. The number of hydrogen-bond donors (Lipinski definition) is 2. The molecule has 0 aliphatic carbocycles. The molecule has 0 spiro atoms. The van der Waals surface area contributed by atoms with E-state index in [1.54, 1.807) is 6.20 Å². The van der Waals surface area contributed by atoms with Crippen LogP contribution in [0.4, 0.5) is 0 Å². The van der Waals surface area contributed by atoms with E-state index in [1.165, 1.54) is 17.6 Å². The molecule has 2 N–H and O–H groups in total. The molecule has 4 rings (SSSR count). The number of thiazole rings is 1. The molecule has 0 radical (unpaired) electrons. The fourth-order valence-electron chi connectivity index (χ4n) is 2.36. The summed E-state index contributed by atoms with van der Waals surface area (Å²) in [5, 5.41) is 7.09. The molecule has 0 saturated heterocycles. The van der Waals surface area contributed by atoms with Crippen LogP contribution in [0, 0.1) is 0 Å². The minimum absolute atomic E-state index is 0.291. The number of para-hydroxylation sites is 1. The lowest BCUT2D eigenvalue weighted by molar-refractivity contribution is 0.0957. The second kappa shape index (κ2) is 5.53. The Morgan fingerprint density at radius 2 is 2.30 bits per heavy atom. The number of amides is 1. The first-order valence-corrected chi connectivity index (χ1v) is 8.00. The van der Waals surface area contributed by atoms with Crippen molar-refractivity contribution in [2.45, 2.75) is 0 Å². The van der Waals surface area contributed by atoms with Gasteiger partial charge < -0.3 is 4.98 Å². The number of carbonyl (C=O) groups excluding carboxylic acids is 1. The van der Waals surface area contributed by atoms with E-state index in [0.717, 1.165) is 15.9 Å². The summed E-state index contributed by atoms with van der Waals surface area (Å²) in [5.74, 6) is -0.291. The van der Waals surface area contributed by atoms with Crippen molar-refractivity contribution in [3.05, 3.63) is 58.4 Å². The van der Waals surface area contributed by atoms with Gasteiger partial charge in [-0.3, -0.25) is 9.20 Å². The average molecular weight is 344 g/mol. The second-order valence-corrected chi connectivity index (χ2v) is 6.02. The zero-order chi connectivity index (χ0) is 15.8. The highest BCUT2D eigenvalue weighted by Crippen LogP contribution is 2.20. The van der Waals surface area contributed by atoms with Gasteiger partial charge in [-0.25, -0.2) is 10.4 Å². The molecule has 6 nitrogen and oxygen atoms in total. The van der Waals surface area contributed by atoms with Crippen LogP contribution in [0.25, 0.3) is 15.9 Å². The zero-order valence-electron chi connectivity index (χ0n) is 11.7. The summed E-state index contributed by atoms with van der Waals surface area (Å²) in [6, 6.07) is 7.59. The van der Waals surface area contributed by atoms with Gasteiger partial charge in [0.15, 0.2) is 10.1 Å². The van der Waals surface area contributed by atoms with Gasteiger partial charge in [0.2, 0.25) is 0 Å². The Hall–Kier alpha value is -2.64. The van der Waals surface area contributed by atoms with Crippen molar-refractivity contribution in [1.82, 2.24) is 19.8 Å². The second-order valence-electron chi connectivity index (χ2n) is 4.79. The number of benzene rings is 1. The number of aromatic amines is 1.